The van der Waals surface area contributed by atoms with Crippen molar-refractivity contribution in [2.24, 2.45) is 0 Å². The fourth-order valence-corrected chi connectivity index (χ4v) is 8.45. The standard InChI is InChI=1S/C36H54N4O6Si/c1-10-47(11-2,12-3)46-31(26-14-13-15-27(37)22-26)24-39(33(41)44-35(4,5)6)20-21-43-28-18-19-29-30(23-28)40(34(42)45-36(7,8)9)38-32(29)25-16-17-25/h13-15,18-19,22-23,25,31H,10-12,16-17,20-21,24,37H2,1-9H3/t31-/m0/s1. The summed E-state index contributed by atoms with van der Waals surface area (Å²) in [6, 6.07) is 16.3. The SMILES string of the molecule is CC[Si](CC)(CC)O[C@@H](CN(CCOc1ccc2c(C3CC3)nn(C(=O)OC(C)(C)C)c2c1)C(=O)OC(C)(C)C)c1cccc(N)c1. The second-order valence-corrected chi connectivity index (χ2v) is 19.2. The fraction of sp³-hybridized carbons (Fsp3) is 0.583. The molecule has 47 heavy (non-hydrogen) atoms. The van der Waals surface area contributed by atoms with Gasteiger partial charge in [-0.3, -0.25) is 0 Å². The number of rotatable bonds is 13. The molecule has 11 heteroatoms. The molecule has 258 valence electrons. The van der Waals surface area contributed by atoms with Gasteiger partial charge in [-0.05, 0) is 102 Å². The van der Waals surface area contributed by atoms with Crippen LogP contribution in [0.4, 0.5) is 15.3 Å². The number of aromatic nitrogens is 2. The summed E-state index contributed by atoms with van der Waals surface area (Å²) < 4.78 is 26.0. The Kier molecular flexibility index (Phi) is 11.3. The minimum Gasteiger partial charge on any atom is -0.492 e. The molecule has 0 aliphatic heterocycles. The Morgan fingerprint density at radius 2 is 1.64 bits per heavy atom. The van der Waals surface area contributed by atoms with E-state index in [0.29, 0.717) is 22.9 Å². The van der Waals surface area contributed by atoms with Gasteiger partial charge >= 0.3 is 12.2 Å². The molecule has 0 bridgehead atoms. The molecular formula is C36H54N4O6Si. The van der Waals surface area contributed by atoms with Crippen LogP contribution in [0.25, 0.3) is 10.9 Å². The van der Waals surface area contributed by atoms with Crippen molar-refractivity contribution in [1.29, 1.82) is 0 Å². The van der Waals surface area contributed by atoms with E-state index in [9.17, 15) is 9.59 Å². The van der Waals surface area contributed by atoms with Crippen molar-refractivity contribution >= 4 is 37.1 Å². The van der Waals surface area contributed by atoms with Crippen LogP contribution < -0.4 is 10.5 Å². The number of amides is 1. The van der Waals surface area contributed by atoms with Gasteiger partial charge in [-0.25, -0.2) is 9.59 Å². The van der Waals surface area contributed by atoms with E-state index in [0.717, 1.165) is 47.6 Å². The fourth-order valence-electron chi connectivity index (χ4n) is 5.64. The van der Waals surface area contributed by atoms with Crippen molar-refractivity contribution in [2.45, 2.75) is 117 Å². The van der Waals surface area contributed by atoms with Crippen LogP contribution in [0.1, 0.15) is 98.4 Å². The normalized spacial score (nSPS) is 14.6. The van der Waals surface area contributed by atoms with Crippen molar-refractivity contribution in [3.63, 3.8) is 0 Å². The van der Waals surface area contributed by atoms with Crippen molar-refractivity contribution in [3.8, 4) is 5.75 Å². The highest BCUT2D eigenvalue weighted by atomic mass is 28.4. The van der Waals surface area contributed by atoms with E-state index in [4.69, 9.17) is 24.4 Å². The second-order valence-electron chi connectivity index (χ2n) is 14.5. The van der Waals surface area contributed by atoms with Gasteiger partial charge in [-0.2, -0.15) is 9.78 Å². The zero-order chi connectivity index (χ0) is 34.6. The van der Waals surface area contributed by atoms with Crippen molar-refractivity contribution in [1.82, 2.24) is 14.7 Å². The molecule has 4 rings (SSSR count). The molecule has 10 nitrogen and oxygen atoms in total. The lowest BCUT2D eigenvalue weighted by atomic mass is 10.1. The molecule has 1 saturated carbocycles. The largest absolute Gasteiger partial charge is 0.492 e. The number of carbonyl (C=O) groups excluding carboxylic acids is 2. The van der Waals surface area contributed by atoms with E-state index in [1.165, 1.54) is 4.68 Å². The summed E-state index contributed by atoms with van der Waals surface area (Å²) in [5.74, 6) is 0.909. The van der Waals surface area contributed by atoms with Crippen LogP contribution in [0.2, 0.25) is 18.1 Å². The maximum Gasteiger partial charge on any atom is 0.435 e. The number of nitrogens with zero attached hydrogens (tertiary/aromatic N) is 3. The first-order valence-electron chi connectivity index (χ1n) is 17.0. The highest BCUT2D eigenvalue weighted by Crippen LogP contribution is 2.43. The Morgan fingerprint density at radius 1 is 0.979 bits per heavy atom. The number of ether oxygens (including phenoxy) is 3. The Morgan fingerprint density at radius 3 is 2.21 bits per heavy atom. The molecule has 2 aromatic carbocycles. The number of nitrogens with two attached hydrogens (primary N) is 1. The molecule has 0 spiro atoms. The summed E-state index contributed by atoms with van der Waals surface area (Å²) in [4.78, 5) is 28.4. The third kappa shape index (κ3) is 9.73. The number of hydrogen-bond donors (Lipinski definition) is 1. The number of nitrogen functional groups attached to an aromatic ring is 1. The maximum absolute atomic E-state index is 13.6. The molecule has 3 aromatic rings. The van der Waals surface area contributed by atoms with E-state index in [1.54, 1.807) is 4.90 Å². The first-order valence-corrected chi connectivity index (χ1v) is 19.5. The Balaban J connectivity index is 1.59. The van der Waals surface area contributed by atoms with Gasteiger partial charge in [-0.1, -0.05) is 32.9 Å². The summed E-state index contributed by atoms with van der Waals surface area (Å²) in [6.07, 6.45) is 0.761. The number of anilines is 1. The third-order valence-corrected chi connectivity index (χ3v) is 13.1. The number of fused-ring (bicyclic) bond motifs is 1. The van der Waals surface area contributed by atoms with Crippen LogP contribution >= 0.6 is 0 Å². The maximum atomic E-state index is 13.6. The van der Waals surface area contributed by atoms with Crippen molar-refractivity contribution in [3.05, 3.63) is 53.7 Å². The van der Waals surface area contributed by atoms with Crippen LogP contribution in [0.5, 0.6) is 5.75 Å². The molecule has 1 atom stereocenters. The Bertz CT molecular complexity index is 1530. The highest BCUT2D eigenvalue weighted by Gasteiger charge is 2.35. The third-order valence-electron chi connectivity index (χ3n) is 8.49. The van der Waals surface area contributed by atoms with Gasteiger partial charge in [0.2, 0.25) is 0 Å². The van der Waals surface area contributed by atoms with E-state index in [-0.39, 0.29) is 25.8 Å². The van der Waals surface area contributed by atoms with Gasteiger partial charge in [0.15, 0.2) is 8.32 Å². The summed E-state index contributed by atoms with van der Waals surface area (Å²) in [6.45, 7) is 18.4. The molecule has 0 saturated heterocycles. The first-order chi connectivity index (χ1) is 22.1. The van der Waals surface area contributed by atoms with Crippen LogP contribution in [0.3, 0.4) is 0 Å². The summed E-state index contributed by atoms with van der Waals surface area (Å²) in [5, 5.41) is 5.57. The zero-order valence-corrected chi connectivity index (χ0v) is 30.7. The highest BCUT2D eigenvalue weighted by molar-refractivity contribution is 6.73. The molecule has 1 heterocycles. The molecule has 2 N–H and O–H groups in total. The van der Waals surface area contributed by atoms with Gasteiger partial charge in [0.25, 0.3) is 0 Å². The van der Waals surface area contributed by atoms with Crippen LogP contribution in [0.15, 0.2) is 42.5 Å². The molecule has 0 radical (unpaired) electrons. The molecule has 1 fully saturated rings. The average molecular weight is 667 g/mol. The molecule has 0 unspecified atom stereocenters. The average Bonchev–Trinajstić information content (AvgIpc) is 3.76. The molecule has 1 aliphatic rings. The van der Waals surface area contributed by atoms with Gasteiger partial charge in [0, 0.05) is 23.1 Å². The number of carbonyl (C=O) groups is 2. The number of hydrogen-bond acceptors (Lipinski definition) is 8. The van der Waals surface area contributed by atoms with Crippen LogP contribution in [0, 0.1) is 0 Å². The summed E-state index contributed by atoms with van der Waals surface area (Å²) in [5.41, 5.74) is 7.98. The van der Waals surface area contributed by atoms with Gasteiger partial charge in [0.05, 0.1) is 30.4 Å². The Labute approximate surface area is 281 Å². The van der Waals surface area contributed by atoms with Gasteiger partial charge < -0.3 is 29.3 Å². The lowest BCUT2D eigenvalue weighted by molar-refractivity contribution is 0.0131. The zero-order valence-electron chi connectivity index (χ0n) is 29.7. The monoisotopic (exact) mass is 666 g/mol. The predicted molar refractivity (Wildman–Crippen MR) is 189 cm³/mol. The smallest absolute Gasteiger partial charge is 0.435 e. The molecule has 1 amide bonds. The van der Waals surface area contributed by atoms with Gasteiger partial charge in [-0.15, -0.1) is 0 Å². The minimum atomic E-state index is -2.07. The predicted octanol–water partition coefficient (Wildman–Crippen LogP) is 8.66. The van der Waals surface area contributed by atoms with E-state index in [2.05, 4.69) is 25.9 Å². The second kappa shape index (κ2) is 14.7. The van der Waals surface area contributed by atoms with E-state index in [1.807, 2.05) is 84.0 Å². The summed E-state index contributed by atoms with van der Waals surface area (Å²) >= 11 is 0. The van der Waals surface area contributed by atoms with Crippen LogP contribution in [-0.4, -0.2) is 66.1 Å². The molecular weight excluding hydrogens is 613 g/mol. The van der Waals surface area contributed by atoms with Crippen molar-refractivity contribution < 1.29 is 28.2 Å². The van der Waals surface area contributed by atoms with E-state index < -0.39 is 31.7 Å². The lowest BCUT2D eigenvalue weighted by Crippen LogP contribution is -2.45. The topological polar surface area (TPSA) is 118 Å². The molecule has 1 aliphatic carbocycles. The lowest BCUT2D eigenvalue weighted by Gasteiger charge is -2.36. The van der Waals surface area contributed by atoms with Crippen LogP contribution in [-0.2, 0) is 13.9 Å². The van der Waals surface area contributed by atoms with E-state index >= 15 is 0 Å². The first kappa shape index (κ1) is 36.3. The summed E-state index contributed by atoms with van der Waals surface area (Å²) in [7, 11) is -2.07. The number of benzene rings is 2. The quantitative estimate of drug-likeness (QED) is 0.142. The molecule has 1 aromatic heterocycles. The Hall–Kier alpha value is -3.57. The van der Waals surface area contributed by atoms with Gasteiger partial charge in [0.1, 0.15) is 23.6 Å². The van der Waals surface area contributed by atoms with Crippen molar-refractivity contribution in [2.75, 3.05) is 25.4 Å². The minimum absolute atomic E-state index is 0.197.